The third kappa shape index (κ3) is 8.52. The van der Waals surface area contributed by atoms with Crippen molar-refractivity contribution in [2.75, 3.05) is 26.9 Å². The summed E-state index contributed by atoms with van der Waals surface area (Å²) in [7, 11) is 0.160. The lowest BCUT2D eigenvalue weighted by molar-refractivity contribution is -0.161. The first kappa shape index (κ1) is 27.4. The van der Waals surface area contributed by atoms with E-state index >= 15 is 0 Å². The zero-order chi connectivity index (χ0) is 25.0. The number of hydrogen-bond acceptors (Lipinski definition) is 6. The van der Waals surface area contributed by atoms with Crippen LogP contribution in [0.5, 0.6) is 11.5 Å². The maximum atomic E-state index is 12.1. The Morgan fingerprint density at radius 3 is 1.94 bits per heavy atom. The van der Waals surface area contributed by atoms with Crippen molar-refractivity contribution in [3.63, 3.8) is 0 Å². The van der Waals surface area contributed by atoms with Gasteiger partial charge in [-0.2, -0.15) is 0 Å². The van der Waals surface area contributed by atoms with E-state index in [2.05, 4.69) is 25.2 Å². The normalized spacial score (nSPS) is 11.2. The number of ether oxygens (including phenoxy) is 4. The summed E-state index contributed by atoms with van der Waals surface area (Å²) in [5.74, 6) is -0.240. The third-order valence-electron chi connectivity index (χ3n) is 5.87. The van der Waals surface area contributed by atoms with E-state index in [0.717, 1.165) is 29.5 Å². The average molecular weight is 487 g/mol. The highest BCUT2D eigenvalue weighted by Gasteiger charge is 2.29. The van der Waals surface area contributed by atoms with Gasteiger partial charge in [0.1, 0.15) is 11.5 Å². The first-order valence-corrected chi connectivity index (χ1v) is 15.2. The van der Waals surface area contributed by atoms with Gasteiger partial charge in [0.2, 0.25) is 0 Å². The summed E-state index contributed by atoms with van der Waals surface area (Å²) < 4.78 is 21.3. The molecule has 7 heteroatoms. The molecule has 0 atom stereocenters. The molecule has 0 fully saturated rings. The van der Waals surface area contributed by atoms with Gasteiger partial charge < -0.3 is 18.9 Å². The second-order valence-corrected chi connectivity index (χ2v) is 13.6. The number of hydrogen-bond donors (Lipinski definition) is 0. The molecule has 0 aliphatic rings. The fourth-order valence-electron chi connectivity index (χ4n) is 3.77. The van der Waals surface area contributed by atoms with Crippen LogP contribution in [0.4, 0.5) is 0 Å². The maximum absolute atomic E-state index is 12.1. The molecule has 0 N–H and O–H groups in total. The van der Waals surface area contributed by atoms with Gasteiger partial charge in [-0.3, -0.25) is 9.59 Å². The van der Waals surface area contributed by atoms with Gasteiger partial charge in [-0.1, -0.05) is 48.6 Å². The molecule has 0 unspecified atom stereocenters. The molecular weight excluding hydrogens is 448 g/mol. The van der Waals surface area contributed by atoms with Crippen molar-refractivity contribution in [1.82, 2.24) is 0 Å². The van der Waals surface area contributed by atoms with Gasteiger partial charge in [0.25, 0.3) is 0 Å². The first-order valence-electron chi connectivity index (χ1n) is 12.0. The maximum Gasteiger partial charge on any atom is 0.320 e. The fourth-order valence-corrected chi connectivity index (χ4v) is 6.16. The molecule has 0 aromatic heterocycles. The Bertz CT molecular complexity index is 874. The number of esters is 2. The minimum Gasteiger partial charge on any atom is -0.497 e. The standard InChI is InChI=1S/C27H38O6Si/c1-6-31-26(28)25(27(29)32-7-2)18-11-21-9-12-23(13-10-21)33-19-8-20-34(4,5)24-16-14-22(30-3)15-17-24/h9-10,12-17,25H,6-8,11,18-20H2,1-5H3. The Balaban J connectivity index is 1.81. The van der Waals surface area contributed by atoms with E-state index in [1.54, 1.807) is 21.0 Å². The van der Waals surface area contributed by atoms with Crippen LogP contribution in [0.25, 0.3) is 0 Å². The molecule has 34 heavy (non-hydrogen) atoms. The number of carbonyl (C=O) groups is 2. The van der Waals surface area contributed by atoms with Gasteiger partial charge in [-0.05, 0) is 62.9 Å². The van der Waals surface area contributed by atoms with Crippen LogP contribution in [0.3, 0.4) is 0 Å². The Morgan fingerprint density at radius 1 is 0.853 bits per heavy atom. The van der Waals surface area contributed by atoms with Gasteiger partial charge in [-0.25, -0.2) is 0 Å². The number of carbonyl (C=O) groups excluding carboxylic acids is 2. The van der Waals surface area contributed by atoms with E-state index in [0.29, 0.717) is 19.4 Å². The van der Waals surface area contributed by atoms with Crippen LogP contribution >= 0.6 is 0 Å². The van der Waals surface area contributed by atoms with E-state index in [-0.39, 0.29) is 13.2 Å². The van der Waals surface area contributed by atoms with Gasteiger partial charge in [0.05, 0.1) is 35.0 Å². The van der Waals surface area contributed by atoms with Gasteiger partial charge in [-0.15, -0.1) is 0 Å². The van der Waals surface area contributed by atoms with Crippen LogP contribution in [0.15, 0.2) is 48.5 Å². The van der Waals surface area contributed by atoms with Gasteiger partial charge >= 0.3 is 11.9 Å². The van der Waals surface area contributed by atoms with E-state index in [9.17, 15) is 9.59 Å². The van der Waals surface area contributed by atoms with Crippen LogP contribution < -0.4 is 14.7 Å². The van der Waals surface area contributed by atoms with Crippen molar-refractivity contribution in [3.05, 3.63) is 54.1 Å². The minimum absolute atomic E-state index is 0.237. The fraction of sp³-hybridized carbons (Fsp3) is 0.481. The molecule has 0 saturated heterocycles. The van der Waals surface area contributed by atoms with Gasteiger partial charge in [0.15, 0.2) is 5.92 Å². The zero-order valence-electron chi connectivity index (χ0n) is 21.1. The molecule has 0 spiro atoms. The summed E-state index contributed by atoms with van der Waals surface area (Å²) >= 11 is 0. The van der Waals surface area contributed by atoms with Crippen LogP contribution in [0.2, 0.25) is 19.1 Å². The zero-order valence-corrected chi connectivity index (χ0v) is 22.1. The number of rotatable bonds is 14. The lowest BCUT2D eigenvalue weighted by Gasteiger charge is -2.23. The number of aryl methyl sites for hydroxylation is 1. The van der Waals surface area contributed by atoms with E-state index in [4.69, 9.17) is 18.9 Å². The number of benzene rings is 2. The molecule has 186 valence electrons. The quantitative estimate of drug-likeness (QED) is 0.166. The smallest absolute Gasteiger partial charge is 0.320 e. The highest BCUT2D eigenvalue weighted by molar-refractivity contribution is 6.89. The SMILES string of the molecule is CCOC(=O)C(CCc1ccc(OCCC[Si](C)(C)c2ccc(OC)cc2)cc1)C(=O)OCC. The molecule has 0 amide bonds. The van der Waals surface area contributed by atoms with Gasteiger partial charge in [0, 0.05) is 0 Å². The first-order chi connectivity index (χ1) is 16.3. The highest BCUT2D eigenvalue weighted by Crippen LogP contribution is 2.19. The average Bonchev–Trinajstić information content (AvgIpc) is 2.83. The minimum atomic E-state index is -1.53. The highest BCUT2D eigenvalue weighted by atomic mass is 28.3. The molecule has 0 saturated carbocycles. The molecule has 0 heterocycles. The Kier molecular flexibility index (Phi) is 11.1. The summed E-state index contributed by atoms with van der Waals surface area (Å²) in [4.78, 5) is 24.3. The van der Waals surface area contributed by atoms with Crippen molar-refractivity contribution in [3.8, 4) is 11.5 Å². The summed E-state index contributed by atoms with van der Waals surface area (Å²) in [6.45, 7) is 9.34. The van der Waals surface area contributed by atoms with E-state index in [1.807, 2.05) is 36.4 Å². The molecule has 0 bridgehead atoms. The Morgan fingerprint density at radius 2 is 1.41 bits per heavy atom. The second-order valence-electron chi connectivity index (χ2n) is 8.80. The molecular formula is C27H38O6Si. The third-order valence-corrected chi connectivity index (χ3v) is 9.37. The molecule has 2 rings (SSSR count). The molecule has 2 aromatic carbocycles. The lowest BCUT2D eigenvalue weighted by atomic mass is 9.99. The van der Waals surface area contributed by atoms with Crippen molar-refractivity contribution in [2.24, 2.45) is 5.92 Å². The summed E-state index contributed by atoms with van der Waals surface area (Å²) in [5, 5.41) is 1.42. The topological polar surface area (TPSA) is 71.1 Å². The monoisotopic (exact) mass is 486 g/mol. The molecule has 2 aromatic rings. The van der Waals surface area contributed by atoms with Crippen molar-refractivity contribution in [1.29, 1.82) is 0 Å². The summed E-state index contributed by atoms with van der Waals surface area (Å²) in [6, 6.07) is 17.4. The Labute approximate surface area is 204 Å². The summed E-state index contributed by atoms with van der Waals surface area (Å²) in [5.41, 5.74) is 1.03. The Hall–Kier alpha value is -2.80. The predicted octanol–water partition coefficient (Wildman–Crippen LogP) is 4.75. The van der Waals surface area contributed by atoms with E-state index < -0.39 is 25.9 Å². The summed E-state index contributed by atoms with van der Waals surface area (Å²) in [6.07, 6.45) is 1.92. The van der Waals surface area contributed by atoms with Crippen LogP contribution in [0.1, 0.15) is 32.3 Å². The largest absolute Gasteiger partial charge is 0.497 e. The lowest BCUT2D eigenvalue weighted by Crippen LogP contribution is -2.41. The van der Waals surface area contributed by atoms with Crippen molar-refractivity contribution in [2.45, 2.75) is 52.2 Å². The molecule has 6 nitrogen and oxygen atoms in total. The second kappa shape index (κ2) is 13.8. The predicted molar refractivity (Wildman–Crippen MR) is 137 cm³/mol. The van der Waals surface area contributed by atoms with Crippen LogP contribution in [-0.4, -0.2) is 46.9 Å². The number of methoxy groups -OCH3 is 1. The van der Waals surface area contributed by atoms with Crippen molar-refractivity contribution < 1.29 is 28.5 Å². The van der Waals surface area contributed by atoms with Crippen LogP contribution in [-0.2, 0) is 25.5 Å². The molecule has 0 radical (unpaired) electrons. The molecule has 0 aliphatic heterocycles. The van der Waals surface area contributed by atoms with Crippen molar-refractivity contribution >= 4 is 25.2 Å². The van der Waals surface area contributed by atoms with Crippen LogP contribution in [0, 0.1) is 5.92 Å². The molecule has 0 aliphatic carbocycles. The van der Waals surface area contributed by atoms with E-state index in [1.165, 1.54) is 5.19 Å².